The number of fused-ring (bicyclic) bond motifs is 1. The second-order valence-electron chi connectivity index (χ2n) is 9.54. The van der Waals surface area contributed by atoms with Gasteiger partial charge in [0.2, 0.25) is 16.0 Å². The Morgan fingerprint density at radius 1 is 1.15 bits per heavy atom. The van der Waals surface area contributed by atoms with Crippen molar-refractivity contribution in [2.24, 2.45) is 0 Å². The molecule has 0 aliphatic carbocycles. The van der Waals surface area contributed by atoms with E-state index < -0.39 is 16.0 Å². The van der Waals surface area contributed by atoms with Crippen LogP contribution >= 0.6 is 11.3 Å². The molecule has 4 heterocycles. The summed E-state index contributed by atoms with van der Waals surface area (Å²) in [5.41, 5.74) is 3.13. The van der Waals surface area contributed by atoms with E-state index >= 15 is 0 Å². The van der Waals surface area contributed by atoms with Crippen molar-refractivity contribution in [3.8, 4) is 28.4 Å². The molecule has 1 atom stereocenters. The Kier molecular flexibility index (Phi) is 7.15. The molecule has 11 nitrogen and oxygen atoms in total. The number of hydrogen-bond donors (Lipinski definition) is 2. The number of nitrogens with zero attached hydrogens (tertiary/aromatic N) is 5. The van der Waals surface area contributed by atoms with E-state index in [1.165, 1.54) is 47.0 Å². The van der Waals surface area contributed by atoms with Crippen LogP contribution in [0.1, 0.15) is 23.2 Å². The summed E-state index contributed by atoms with van der Waals surface area (Å²) in [6.45, 7) is 0.629. The van der Waals surface area contributed by atoms with E-state index in [4.69, 9.17) is 14.7 Å². The van der Waals surface area contributed by atoms with Crippen LogP contribution in [-0.4, -0.2) is 69.4 Å². The van der Waals surface area contributed by atoms with Crippen molar-refractivity contribution in [2.75, 3.05) is 25.5 Å². The Bertz CT molecular complexity index is 1830. The molecule has 1 aliphatic rings. The van der Waals surface area contributed by atoms with Crippen LogP contribution in [0.5, 0.6) is 5.75 Å². The molecule has 0 radical (unpaired) electrons. The third-order valence-corrected chi connectivity index (χ3v) is 9.55. The lowest BCUT2D eigenvalue weighted by atomic mass is 10.1. The fourth-order valence-corrected chi connectivity index (χ4v) is 7.17. The van der Waals surface area contributed by atoms with Crippen molar-refractivity contribution in [3.63, 3.8) is 0 Å². The highest BCUT2D eigenvalue weighted by molar-refractivity contribution is 7.89. The molecule has 2 aromatic carbocycles. The molecule has 0 unspecified atom stereocenters. The molecule has 210 valence electrons. The molecular formula is C28H26N6O5S2. The van der Waals surface area contributed by atoms with Crippen LogP contribution in [0.15, 0.2) is 77.3 Å². The van der Waals surface area contributed by atoms with Crippen molar-refractivity contribution >= 4 is 38.2 Å². The number of anilines is 1. The maximum Gasteiger partial charge on any atom is 0.337 e. The van der Waals surface area contributed by atoms with Crippen LogP contribution in [0.25, 0.3) is 27.6 Å². The highest BCUT2D eigenvalue weighted by Gasteiger charge is 2.31. The number of phenols is 1. The zero-order valence-corrected chi connectivity index (χ0v) is 23.6. The number of nitrogens with one attached hydrogen (secondary N) is 1. The molecule has 0 bridgehead atoms. The third-order valence-electron chi connectivity index (χ3n) is 6.91. The lowest BCUT2D eigenvalue weighted by Crippen LogP contribution is -2.45. The number of piperidine rings is 1. The molecule has 5 aromatic rings. The Morgan fingerprint density at radius 2 is 1.98 bits per heavy atom. The number of aromatic hydroxyl groups is 1. The fourth-order valence-electron chi connectivity index (χ4n) is 4.94. The van der Waals surface area contributed by atoms with Gasteiger partial charge in [-0.15, -0.1) is 11.3 Å². The molecule has 1 saturated heterocycles. The first kappa shape index (κ1) is 26.9. The number of imidazole rings is 1. The summed E-state index contributed by atoms with van der Waals surface area (Å²) < 4.78 is 34.8. The molecular weight excluding hydrogens is 564 g/mol. The van der Waals surface area contributed by atoms with E-state index in [2.05, 4.69) is 10.3 Å². The fraction of sp³-hybridized carbons (Fsp3) is 0.214. The van der Waals surface area contributed by atoms with Gasteiger partial charge in [0.05, 0.1) is 29.0 Å². The first-order valence-corrected chi connectivity index (χ1v) is 15.2. The summed E-state index contributed by atoms with van der Waals surface area (Å²) in [6.07, 6.45) is 4.99. The number of carbonyl (C=O) groups is 1. The average Bonchev–Trinajstić information content (AvgIpc) is 3.59. The Hall–Kier alpha value is -4.33. The standard InChI is InChI=1S/C28H26N6O5S2/c1-39-26(36)18-7-9-22(10-8-18)41(37,38)33-13-3-5-20(17-33)30-27-29-12-11-23(31-27)25-24(19-4-2-6-21(35)16-19)32-28-34(25)14-15-40-28/h2,4,6-12,14-16,20,35H,3,5,13,17H2,1H3,(H,29,30,31)/t20-/m1/s1. The molecule has 3 aromatic heterocycles. The second-order valence-corrected chi connectivity index (χ2v) is 12.4. The van der Waals surface area contributed by atoms with Gasteiger partial charge in [0.15, 0.2) is 4.96 Å². The number of methoxy groups -OCH3 is 1. The minimum atomic E-state index is -3.77. The van der Waals surface area contributed by atoms with E-state index in [1.54, 1.807) is 30.5 Å². The number of esters is 1. The summed E-state index contributed by atoms with van der Waals surface area (Å²) in [5.74, 6) is -0.00427. The van der Waals surface area contributed by atoms with E-state index in [0.717, 1.165) is 22.6 Å². The number of thiazole rings is 1. The number of benzene rings is 2. The van der Waals surface area contributed by atoms with Crippen molar-refractivity contribution in [1.29, 1.82) is 0 Å². The van der Waals surface area contributed by atoms with Gasteiger partial charge in [-0.2, -0.15) is 4.31 Å². The highest BCUT2D eigenvalue weighted by atomic mass is 32.2. The van der Waals surface area contributed by atoms with Crippen molar-refractivity contribution in [3.05, 3.63) is 77.9 Å². The maximum atomic E-state index is 13.4. The molecule has 0 saturated carbocycles. The monoisotopic (exact) mass is 590 g/mol. The van der Waals surface area contributed by atoms with Gasteiger partial charge >= 0.3 is 5.97 Å². The summed E-state index contributed by atoms with van der Waals surface area (Å²) in [7, 11) is -2.49. The first-order valence-electron chi connectivity index (χ1n) is 12.9. The van der Waals surface area contributed by atoms with Gasteiger partial charge < -0.3 is 15.2 Å². The highest BCUT2D eigenvalue weighted by Crippen LogP contribution is 2.35. The Balaban J connectivity index is 1.24. The molecule has 13 heteroatoms. The summed E-state index contributed by atoms with van der Waals surface area (Å²) in [5, 5.41) is 15.3. The van der Waals surface area contributed by atoms with Gasteiger partial charge in [0, 0.05) is 42.5 Å². The van der Waals surface area contributed by atoms with Gasteiger partial charge in [0.1, 0.15) is 11.4 Å². The second kappa shape index (κ2) is 10.9. The summed E-state index contributed by atoms with van der Waals surface area (Å²) in [4.78, 5) is 26.6. The number of aromatic nitrogens is 4. The van der Waals surface area contributed by atoms with E-state index in [-0.39, 0.29) is 28.8 Å². The number of phenolic OH excluding ortho intramolecular Hbond substituents is 1. The molecule has 1 aliphatic heterocycles. The van der Waals surface area contributed by atoms with Crippen LogP contribution < -0.4 is 5.32 Å². The molecule has 0 spiro atoms. The zero-order valence-electron chi connectivity index (χ0n) is 22.0. The molecule has 6 rings (SSSR count). The van der Waals surface area contributed by atoms with Crippen LogP contribution in [-0.2, 0) is 14.8 Å². The SMILES string of the molecule is COC(=O)c1ccc(S(=O)(=O)N2CCC[C@@H](Nc3nccc(-c4c(-c5cccc(O)c5)nc5sccn45)n3)C2)cc1. The zero-order chi connectivity index (χ0) is 28.6. The van der Waals surface area contributed by atoms with Gasteiger partial charge in [-0.05, 0) is 55.3 Å². The van der Waals surface area contributed by atoms with Gasteiger partial charge in [-0.3, -0.25) is 4.40 Å². The van der Waals surface area contributed by atoms with E-state index in [9.17, 15) is 18.3 Å². The van der Waals surface area contributed by atoms with Crippen LogP contribution in [0.4, 0.5) is 5.95 Å². The number of sulfonamides is 1. The van der Waals surface area contributed by atoms with Crippen molar-refractivity contribution in [1.82, 2.24) is 23.7 Å². The largest absolute Gasteiger partial charge is 0.508 e. The maximum absolute atomic E-state index is 13.4. The lowest BCUT2D eigenvalue weighted by molar-refractivity contribution is 0.0600. The minimum Gasteiger partial charge on any atom is -0.508 e. The molecule has 41 heavy (non-hydrogen) atoms. The van der Waals surface area contributed by atoms with Crippen LogP contribution in [0, 0.1) is 0 Å². The van der Waals surface area contributed by atoms with Gasteiger partial charge in [-0.25, -0.2) is 28.2 Å². The topological polar surface area (TPSA) is 139 Å². The average molecular weight is 591 g/mol. The molecule has 0 amide bonds. The van der Waals surface area contributed by atoms with E-state index in [1.807, 2.05) is 22.0 Å². The number of carbonyl (C=O) groups excluding carboxylic acids is 1. The lowest BCUT2D eigenvalue weighted by Gasteiger charge is -2.32. The third kappa shape index (κ3) is 5.26. The van der Waals surface area contributed by atoms with Crippen LogP contribution in [0.3, 0.4) is 0 Å². The van der Waals surface area contributed by atoms with Gasteiger partial charge in [-0.1, -0.05) is 12.1 Å². The normalized spacial score (nSPS) is 16.1. The Labute approximate surface area is 240 Å². The van der Waals surface area contributed by atoms with Crippen molar-refractivity contribution in [2.45, 2.75) is 23.8 Å². The van der Waals surface area contributed by atoms with Crippen LogP contribution in [0.2, 0.25) is 0 Å². The molecule has 1 fully saturated rings. The molecule has 2 N–H and O–H groups in total. The number of ether oxygens (including phenoxy) is 1. The van der Waals surface area contributed by atoms with Crippen molar-refractivity contribution < 1.29 is 23.1 Å². The number of rotatable bonds is 7. The predicted molar refractivity (Wildman–Crippen MR) is 154 cm³/mol. The Morgan fingerprint density at radius 3 is 2.76 bits per heavy atom. The minimum absolute atomic E-state index is 0.115. The summed E-state index contributed by atoms with van der Waals surface area (Å²) in [6, 6.07) is 14.3. The van der Waals surface area contributed by atoms with E-state index in [0.29, 0.717) is 30.3 Å². The first-order chi connectivity index (χ1) is 19.8. The number of hydrogen-bond acceptors (Lipinski definition) is 10. The quantitative estimate of drug-likeness (QED) is 0.266. The summed E-state index contributed by atoms with van der Waals surface area (Å²) >= 11 is 1.50. The predicted octanol–water partition coefficient (Wildman–Crippen LogP) is 4.28. The van der Waals surface area contributed by atoms with Gasteiger partial charge in [0.25, 0.3) is 0 Å². The smallest absolute Gasteiger partial charge is 0.337 e.